The first-order valence-corrected chi connectivity index (χ1v) is 6.34. The van der Waals surface area contributed by atoms with Crippen LogP contribution in [0.15, 0.2) is 18.2 Å². The van der Waals surface area contributed by atoms with Crippen molar-refractivity contribution in [2.75, 3.05) is 12.4 Å². The van der Waals surface area contributed by atoms with E-state index in [1.807, 2.05) is 13.1 Å². The van der Waals surface area contributed by atoms with Crippen LogP contribution in [0.5, 0.6) is 0 Å². The van der Waals surface area contributed by atoms with Gasteiger partial charge in [-0.05, 0) is 43.5 Å². The molecule has 1 unspecified atom stereocenters. The molecule has 3 heteroatoms. The SMILES string of the molecule is CCC(NC)c1ccc2c(c1)CCCC(=O)N2. The van der Waals surface area contributed by atoms with Crippen molar-refractivity contribution in [1.82, 2.24) is 5.32 Å². The van der Waals surface area contributed by atoms with Crippen LogP contribution < -0.4 is 10.6 Å². The maximum Gasteiger partial charge on any atom is 0.224 e. The van der Waals surface area contributed by atoms with Crippen molar-refractivity contribution >= 4 is 11.6 Å². The van der Waals surface area contributed by atoms with Gasteiger partial charge >= 0.3 is 0 Å². The van der Waals surface area contributed by atoms with Crippen LogP contribution in [0.1, 0.15) is 43.4 Å². The van der Waals surface area contributed by atoms with E-state index < -0.39 is 0 Å². The van der Waals surface area contributed by atoms with E-state index >= 15 is 0 Å². The molecule has 2 rings (SSSR count). The highest BCUT2D eigenvalue weighted by Crippen LogP contribution is 2.26. The fourth-order valence-corrected chi connectivity index (χ4v) is 2.42. The summed E-state index contributed by atoms with van der Waals surface area (Å²) in [5.74, 6) is 0.136. The number of carbonyl (C=O) groups excluding carboxylic acids is 1. The Morgan fingerprint density at radius 2 is 2.24 bits per heavy atom. The quantitative estimate of drug-likeness (QED) is 0.841. The lowest BCUT2D eigenvalue weighted by Gasteiger charge is -2.16. The van der Waals surface area contributed by atoms with Crippen LogP contribution in [0.25, 0.3) is 0 Å². The molecule has 0 saturated carbocycles. The van der Waals surface area contributed by atoms with Gasteiger partial charge in [-0.15, -0.1) is 0 Å². The highest BCUT2D eigenvalue weighted by Gasteiger charge is 2.14. The van der Waals surface area contributed by atoms with Crippen LogP contribution in [0.2, 0.25) is 0 Å². The molecule has 0 spiro atoms. The predicted octanol–water partition coefficient (Wildman–Crippen LogP) is 2.63. The number of aryl methyl sites for hydroxylation is 1. The highest BCUT2D eigenvalue weighted by molar-refractivity contribution is 5.92. The van der Waals surface area contributed by atoms with Crippen molar-refractivity contribution in [3.8, 4) is 0 Å². The molecule has 17 heavy (non-hydrogen) atoms. The molecule has 92 valence electrons. The first kappa shape index (κ1) is 12.1. The van der Waals surface area contributed by atoms with E-state index in [2.05, 4.69) is 29.7 Å². The fourth-order valence-electron chi connectivity index (χ4n) is 2.42. The lowest BCUT2D eigenvalue weighted by Crippen LogP contribution is -2.15. The Morgan fingerprint density at radius 1 is 1.41 bits per heavy atom. The Balaban J connectivity index is 2.30. The molecule has 1 aliphatic rings. The fraction of sp³-hybridized carbons (Fsp3) is 0.500. The van der Waals surface area contributed by atoms with Gasteiger partial charge in [-0.2, -0.15) is 0 Å². The molecule has 1 amide bonds. The van der Waals surface area contributed by atoms with Gasteiger partial charge in [0.2, 0.25) is 5.91 Å². The Hall–Kier alpha value is -1.35. The molecule has 0 aliphatic carbocycles. The summed E-state index contributed by atoms with van der Waals surface area (Å²) in [4.78, 5) is 11.5. The van der Waals surface area contributed by atoms with Crippen LogP contribution in [0.3, 0.4) is 0 Å². The first-order valence-electron chi connectivity index (χ1n) is 6.34. The summed E-state index contributed by atoms with van der Waals surface area (Å²) in [5, 5.41) is 6.28. The minimum Gasteiger partial charge on any atom is -0.326 e. The number of hydrogen-bond acceptors (Lipinski definition) is 2. The smallest absolute Gasteiger partial charge is 0.224 e. The second-order valence-electron chi connectivity index (χ2n) is 4.57. The molecule has 0 saturated heterocycles. The Labute approximate surface area is 103 Å². The molecule has 0 radical (unpaired) electrons. The third-order valence-electron chi connectivity index (χ3n) is 3.41. The predicted molar refractivity (Wildman–Crippen MR) is 70.1 cm³/mol. The van der Waals surface area contributed by atoms with Crippen LogP contribution in [-0.2, 0) is 11.2 Å². The average molecular weight is 232 g/mol. The third-order valence-corrected chi connectivity index (χ3v) is 3.41. The van der Waals surface area contributed by atoms with E-state index in [1.54, 1.807) is 0 Å². The van der Waals surface area contributed by atoms with Crippen molar-refractivity contribution in [1.29, 1.82) is 0 Å². The number of nitrogens with one attached hydrogen (secondary N) is 2. The lowest BCUT2D eigenvalue weighted by molar-refractivity contribution is -0.116. The minimum absolute atomic E-state index is 0.136. The molecule has 1 atom stereocenters. The topological polar surface area (TPSA) is 41.1 Å². The normalized spacial score (nSPS) is 16.9. The van der Waals surface area contributed by atoms with Crippen molar-refractivity contribution in [3.05, 3.63) is 29.3 Å². The molecule has 2 N–H and O–H groups in total. The summed E-state index contributed by atoms with van der Waals surface area (Å²) < 4.78 is 0. The van der Waals surface area contributed by atoms with Crippen LogP contribution in [-0.4, -0.2) is 13.0 Å². The first-order chi connectivity index (χ1) is 8.24. The molecule has 0 fully saturated rings. The Bertz CT molecular complexity index is 411. The van der Waals surface area contributed by atoms with E-state index in [0.717, 1.165) is 24.9 Å². The van der Waals surface area contributed by atoms with E-state index in [-0.39, 0.29) is 5.91 Å². The monoisotopic (exact) mass is 232 g/mol. The Kier molecular flexibility index (Phi) is 3.79. The number of fused-ring (bicyclic) bond motifs is 1. The van der Waals surface area contributed by atoms with Crippen molar-refractivity contribution in [2.24, 2.45) is 0 Å². The second kappa shape index (κ2) is 5.32. The summed E-state index contributed by atoms with van der Waals surface area (Å²) in [6.45, 7) is 2.18. The standard InChI is InChI=1S/C14H20N2O/c1-3-12(15-2)11-7-8-13-10(9-11)5-4-6-14(17)16-13/h7-9,12,15H,3-6H2,1-2H3,(H,16,17). The van der Waals surface area contributed by atoms with Crippen LogP contribution in [0.4, 0.5) is 5.69 Å². The minimum atomic E-state index is 0.136. The van der Waals surface area contributed by atoms with Crippen molar-refractivity contribution < 1.29 is 4.79 Å². The summed E-state index contributed by atoms with van der Waals surface area (Å²) in [5.41, 5.74) is 3.56. The lowest BCUT2D eigenvalue weighted by atomic mass is 9.99. The second-order valence-corrected chi connectivity index (χ2v) is 4.57. The number of rotatable bonds is 3. The zero-order valence-electron chi connectivity index (χ0n) is 10.5. The summed E-state index contributed by atoms with van der Waals surface area (Å²) in [6.07, 6.45) is 3.63. The molecular weight excluding hydrogens is 212 g/mol. The van der Waals surface area contributed by atoms with E-state index in [9.17, 15) is 4.79 Å². The molecule has 1 aromatic carbocycles. The van der Waals surface area contributed by atoms with Gasteiger partial charge in [-0.3, -0.25) is 4.79 Å². The number of amides is 1. The van der Waals surface area contributed by atoms with Crippen molar-refractivity contribution in [3.63, 3.8) is 0 Å². The highest BCUT2D eigenvalue weighted by atomic mass is 16.1. The van der Waals surface area contributed by atoms with Gasteiger partial charge in [-0.25, -0.2) is 0 Å². The van der Waals surface area contributed by atoms with E-state index in [1.165, 1.54) is 11.1 Å². The van der Waals surface area contributed by atoms with Gasteiger partial charge in [-0.1, -0.05) is 19.1 Å². The molecule has 0 bridgehead atoms. The van der Waals surface area contributed by atoms with Gasteiger partial charge in [0.05, 0.1) is 0 Å². The van der Waals surface area contributed by atoms with E-state index in [4.69, 9.17) is 0 Å². The molecule has 1 heterocycles. The molecule has 1 aliphatic heterocycles. The average Bonchev–Trinajstić information content (AvgIpc) is 2.51. The summed E-state index contributed by atoms with van der Waals surface area (Å²) in [7, 11) is 1.99. The van der Waals surface area contributed by atoms with Gasteiger partial charge in [0.15, 0.2) is 0 Å². The van der Waals surface area contributed by atoms with Gasteiger partial charge in [0, 0.05) is 18.2 Å². The zero-order chi connectivity index (χ0) is 12.3. The molecule has 3 nitrogen and oxygen atoms in total. The summed E-state index contributed by atoms with van der Waals surface area (Å²) >= 11 is 0. The van der Waals surface area contributed by atoms with Crippen LogP contribution in [0, 0.1) is 0 Å². The van der Waals surface area contributed by atoms with Gasteiger partial charge in [0.25, 0.3) is 0 Å². The van der Waals surface area contributed by atoms with Gasteiger partial charge < -0.3 is 10.6 Å². The number of carbonyl (C=O) groups is 1. The number of hydrogen-bond donors (Lipinski definition) is 2. The maximum atomic E-state index is 11.5. The van der Waals surface area contributed by atoms with Crippen molar-refractivity contribution in [2.45, 2.75) is 38.6 Å². The zero-order valence-corrected chi connectivity index (χ0v) is 10.5. The number of benzene rings is 1. The summed E-state index contributed by atoms with van der Waals surface area (Å²) in [6, 6.07) is 6.77. The number of anilines is 1. The third kappa shape index (κ3) is 2.67. The maximum absolute atomic E-state index is 11.5. The molecule has 0 aromatic heterocycles. The Morgan fingerprint density at radius 3 is 2.94 bits per heavy atom. The van der Waals surface area contributed by atoms with Gasteiger partial charge in [0.1, 0.15) is 0 Å². The largest absolute Gasteiger partial charge is 0.326 e. The molecular formula is C14H20N2O. The molecule has 1 aromatic rings. The van der Waals surface area contributed by atoms with Crippen LogP contribution >= 0.6 is 0 Å². The van der Waals surface area contributed by atoms with E-state index in [0.29, 0.717) is 12.5 Å².